The largest absolute Gasteiger partial charge is 0.308 e. The normalized spacial score (nSPS) is 11.9. The van der Waals surface area contributed by atoms with Crippen LogP contribution in [0.2, 0.25) is 0 Å². The molecule has 12 nitrogen and oxygen atoms in total. The van der Waals surface area contributed by atoms with Crippen LogP contribution in [-0.4, -0.2) is 54.0 Å². The Kier molecular flexibility index (Phi) is 13.4. The molecule has 0 fully saturated rings. The third-order valence-electron chi connectivity index (χ3n) is 16.6. The van der Waals surface area contributed by atoms with Crippen LogP contribution in [0.25, 0.3) is 146 Å². The van der Waals surface area contributed by atoms with Gasteiger partial charge in [-0.25, -0.2) is 34.9 Å². The van der Waals surface area contributed by atoms with Gasteiger partial charge in [0.15, 0.2) is 46.6 Å². The van der Waals surface area contributed by atoms with E-state index in [4.69, 9.17) is 44.9 Å². The van der Waals surface area contributed by atoms with Crippen molar-refractivity contribution in [1.82, 2.24) is 54.0 Å². The van der Waals surface area contributed by atoms with Gasteiger partial charge in [0, 0.05) is 66.1 Å². The van der Waals surface area contributed by atoms with Crippen LogP contribution in [0.4, 0.5) is 0 Å². The Bertz CT molecular complexity index is 4940. The van der Waals surface area contributed by atoms with Crippen LogP contribution < -0.4 is 0 Å². The predicted molar refractivity (Wildman–Crippen MR) is 361 cm³/mol. The van der Waals surface area contributed by atoms with Crippen LogP contribution >= 0.6 is 0 Å². The average Bonchev–Trinajstić information content (AvgIpc) is 1.65. The lowest BCUT2D eigenvalue weighted by Crippen LogP contribution is -2.10. The molecule has 90 heavy (non-hydrogen) atoms. The van der Waals surface area contributed by atoms with Gasteiger partial charge in [0.1, 0.15) is 6.07 Å². The van der Waals surface area contributed by atoms with E-state index in [1.54, 1.807) is 0 Å². The zero-order chi connectivity index (χ0) is 61.3. The summed E-state index contributed by atoms with van der Waals surface area (Å²) < 4.78 is 4.31. The standard InChI is InChI=1S/C78H58N12/c1-77(2,3)57-35-40-66-61(45-57)62-46-58(78(4,5)6)36-41-67(62)90(66)76-87-72(52-30-20-11-21-31-52)86-75(88-76)53-32-37-63(56(42-53)47-79)89-64-38-33-54(73-82-68(48-22-12-7-13-23-48)80-69(83-73)49-24-14-8-15-25-49)43-59(64)60-44-55(34-39-65(60)89)74-84-70(50-26-16-9-17-27-50)81-71(85-74)51-28-18-10-19-29-51/h7-46H,1-6H3. The lowest BCUT2D eigenvalue weighted by Gasteiger charge is -2.19. The maximum absolute atomic E-state index is 11.5. The second-order valence-corrected chi connectivity index (χ2v) is 24.7. The molecule has 0 saturated carbocycles. The molecule has 0 aliphatic carbocycles. The summed E-state index contributed by atoms with van der Waals surface area (Å²) >= 11 is 0. The van der Waals surface area contributed by atoms with E-state index in [9.17, 15) is 5.26 Å². The number of aromatic nitrogens is 11. The van der Waals surface area contributed by atoms with Crippen molar-refractivity contribution < 1.29 is 0 Å². The van der Waals surface area contributed by atoms with Crippen LogP contribution in [0.1, 0.15) is 58.2 Å². The van der Waals surface area contributed by atoms with Gasteiger partial charge in [-0.2, -0.15) is 15.2 Å². The van der Waals surface area contributed by atoms with E-state index >= 15 is 0 Å². The summed E-state index contributed by atoms with van der Waals surface area (Å²) in [6, 6.07) is 84.4. The van der Waals surface area contributed by atoms with E-state index in [2.05, 4.69) is 117 Å². The SMILES string of the molecule is CC(C)(C)c1ccc2c(c1)c1cc(C(C)(C)C)ccc1n2-c1nc(-c2ccccc2)nc(-c2ccc(-n3c4ccc(-c5nc(-c6ccccc6)nc(-c6ccccc6)n5)cc4c4cc(-c5nc(-c6ccccc6)nc(-c6ccccc6)n5)ccc43)c(C#N)c2)n1. The smallest absolute Gasteiger partial charge is 0.238 e. The molecule has 10 aromatic carbocycles. The molecule has 0 bridgehead atoms. The molecule has 0 aliphatic rings. The fraction of sp³-hybridized carbons (Fsp3) is 0.103. The van der Waals surface area contributed by atoms with Crippen LogP contribution in [0.5, 0.6) is 0 Å². The van der Waals surface area contributed by atoms with E-state index in [0.29, 0.717) is 69.4 Å². The van der Waals surface area contributed by atoms with Crippen molar-refractivity contribution in [3.05, 3.63) is 259 Å². The Morgan fingerprint density at radius 3 is 0.900 bits per heavy atom. The van der Waals surface area contributed by atoms with Gasteiger partial charge in [-0.15, -0.1) is 0 Å². The highest BCUT2D eigenvalue weighted by Gasteiger charge is 2.25. The minimum Gasteiger partial charge on any atom is -0.308 e. The van der Waals surface area contributed by atoms with E-state index < -0.39 is 0 Å². The fourth-order valence-corrected chi connectivity index (χ4v) is 11.9. The third-order valence-corrected chi connectivity index (χ3v) is 16.6. The molecule has 5 heterocycles. The van der Waals surface area contributed by atoms with Gasteiger partial charge in [-0.1, -0.05) is 205 Å². The number of fused-ring (bicyclic) bond motifs is 6. The quantitative estimate of drug-likeness (QED) is 0.129. The van der Waals surface area contributed by atoms with Crippen molar-refractivity contribution in [1.29, 1.82) is 5.26 Å². The molecule has 12 heteroatoms. The Hall–Kier alpha value is -11.7. The summed E-state index contributed by atoms with van der Waals surface area (Å²) in [6.45, 7) is 13.5. The van der Waals surface area contributed by atoms with Crippen LogP contribution in [0.15, 0.2) is 243 Å². The second kappa shape index (κ2) is 21.9. The Labute approximate surface area is 520 Å². The molecule has 0 N–H and O–H groups in total. The minimum atomic E-state index is -0.0777. The molecule has 15 rings (SSSR count). The van der Waals surface area contributed by atoms with Gasteiger partial charge in [0.05, 0.1) is 33.3 Å². The Balaban J connectivity index is 0.930. The summed E-state index contributed by atoms with van der Waals surface area (Å²) in [6.07, 6.45) is 0. The minimum absolute atomic E-state index is 0.0777. The van der Waals surface area contributed by atoms with Gasteiger partial charge < -0.3 is 4.57 Å². The molecule has 0 saturated heterocycles. The summed E-state index contributed by atoms with van der Waals surface area (Å²) in [5, 5.41) is 15.5. The second-order valence-electron chi connectivity index (χ2n) is 24.7. The summed E-state index contributed by atoms with van der Waals surface area (Å²) in [7, 11) is 0. The first-order valence-electron chi connectivity index (χ1n) is 30.1. The first-order valence-corrected chi connectivity index (χ1v) is 30.1. The molecule has 15 aromatic rings. The molecule has 0 aliphatic heterocycles. The van der Waals surface area contributed by atoms with Crippen molar-refractivity contribution in [3.63, 3.8) is 0 Å². The molecular weight excluding hydrogens is 1100 g/mol. The highest BCUT2D eigenvalue weighted by Crippen LogP contribution is 2.41. The number of nitriles is 1. The van der Waals surface area contributed by atoms with Gasteiger partial charge >= 0.3 is 0 Å². The zero-order valence-corrected chi connectivity index (χ0v) is 50.5. The molecule has 0 spiro atoms. The van der Waals surface area contributed by atoms with Crippen molar-refractivity contribution in [3.8, 4) is 109 Å². The Morgan fingerprint density at radius 2 is 0.556 bits per heavy atom. The van der Waals surface area contributed by atoms with Crippen molar-refractivity contribution >= 4 is 43.6 Å². The molecule has 5 aromatic heterocycles. The van der Waals surface area contributed by atoms with Crippen LogP contribution in [-0.2, 0) is 10.8 Å². The first kappa shape index (κ1) is 54.9. The number of rotatable bonds is 10. The highest BCUT2D eigenvalue weighted by atomic mass is 15.2. The Morgan fingerprint density at radius 1 is 0.278 bits per heavy atom. The highest BCUT2D eigenvalue weighted by molar-refractivity contribution is 6.12. The van der Waals surface area contributed by atoms with Gasteiger partial charge in [-0.3, -0.25) is 4.57 Å². The number of hydrogen-bond acceptors (Lipinski definition) is 10. The van der Waals surface area contributed by atoms with E-state index in [1.165, 1.54) is 11.1 Å². The molecule has 430 valence electrons. The topological polar surface area (TPSA) is 150 Å². The van der Waals surface area contributed by atoms with E-state index in [-0.39, 0.29) is 10.8 Å². The third kappa shape index (κ3) is 10.1. The average molecular weight is 1160 g/mol. The summed E-state index contributed by atoms with van der Waals surface area (Å²) in [5.74, 6) is 4.66. The monoisotopic (exact) mass is 1160 g/mol. The van der Waals surface area contributed by atoms with Crippen LogP contribution in [0, 0.1) is 11.3 Å². The van der Waals surface area contributed by atoms with Gasteiger partial charge in [-0.05, 0) is 101 Å². The number of hydrogen-bond donors (Lipinski definition) is 0. The van der Waals surface area contributed by atoms with E-state index in [1.807, 2.05) is 182 Å². The molecule has 0 amide bonds. The number of nitrogens with zero attached hydrogens (tertiary/aromatic N) is 12. The maximum atomic E-state index is 11.5. The van der Waals surface area contributed by atoms with E-state index in [0.717, 1.165) is 82.6 Å². The number of benzene rings is 10. The molecule has 0 atom stereocenters. The van der Waals surface area contributed by atoms with Gasteiger partial charge in [0.2, 0.25) is 5.95 Å². The van der Waals surface area contributed by atoms with Crippen molar-refractivity contribution in [2.75, 3.05) is 0 Å². The lowest BCUT2D eigenvalue weighted by atomic mass is 9.85. The van der Waals surface area contributed by atoms with Crippen LogP contribution in [0.3, 0.4) is 0 Å². The van der Waals surface area contributed by atoms with Crippen molar-refractivity contribution in [2.45, 2.75) is 52.4 Å². The van der Waals surface area contributed by atoms with Gasteiger partial charge in [0.25, 0.3) is 0 Å². The first-order chi connectivity index (χ1) is 43.8. The molecule has 0 radical (unpaired) electrons. The summed E-state index contributed by atoms with van der Waals surface area (Å²) in [5.41, 5.74) is 13.6. The zero-order valence-electron chi connectivity index (χ0n) is 50.5. The molecule has 0 unspecified atom stereocenters. The lowest BCUT2D eigenvalue weighted by molar-refractivity contribution is 0.590. The maximum Gasteiger partial charge on any atom is 0.238 e. The fourth-order valence-electron chi connectivity index (χ4n) is 11.9. The summed E-state index contributed by atoms with van der Waals surface area (Å²) in [4.78, 5) is 46.4. The van der Waals surface area contributed by atoms with Crippen molar-refractivity contribution in [2.24, 2.45) is 0 Å². The molecular formula is C78H58N12. The predicted octanol–water partition coefficient (Wildman–Crippen LogP) is 18.2.